The Morgan fingerprint density at radius 2 is 1.44 bits per heavy atom. The molecule has 0 bridgehead atoms. The van der Waals surface area contributed by atoms with Gasteiger partial charge in [0.15, 0.2) is 6.29 Å². The number of rotatable bonds is 12. The number of aromatic hydroxyl groups is 2. The van der Waals surface area contributed by atoms with Crippen LogP contribution in [0.1, 0.15) is 118 Å². The van der Waals surface area contributed by atoms with E-state index in [1.165, 1.54) is 18.6 Å². The quantitative estimate of drug-likeness (QED) is 0.0659. The summed E-state index contributed by atoms with van der Waals surface area (Å²) in [6, 6.07) is 14.5. The first-order valence-corrected chi connectivity index (χ1v) is 18.2. The summed E-state index contributed by atoms with van der Waals surface area (Å²) >= 11 is 0. The standard InChI is InChI=1S/C18H20O2.C17H22N2O5.C6H10O3.CH4N2O/c1-13(2)17-10-16(11-19)18(9-14(17)3)20-12-15-7-5-4-6-8-15;1-5-24-16(22)14-9(4)18-17(23)19-15(14)11-6-10(8(2)3)12(20)7-13(11)21;1-3-9-6(8)4-5(2)7;2-1(3)4/h4-11,13H,12H2,1-3H3;6-8,15,20-21H,5H2,1-4H3,(H2,18,19,23);3-4H2,1-2H3;(H4,2,3,4). The number of nitrogens with two attached hydrogens (primary N) is 2. The summed E-state index contributed by atoms with van der Waals surface area (Å²) in [6.45, 7) is 17.4. The second kappa shape index (κ2) is 24.2. The van der Waals surface area contributed by atoms with E-state index in [0.29, 0.717) is 47.3 Å². The van der Waals surface area contributed by atoms with Crippen LogP contribution in [0.25, 0.3) is 0 Å². The van der Waals surface area contributed by atoms with Crippen molar-refractivity contribution in [1.82, 2.24) is 10.6 Å². The number of ether oxygens (including phenoxy) is 3. The van der Waals surface area contributed by atoms with Gasteiger partial charge >= 0.3 is 24.0 Å². The number of carbonyl (C=O) groups is 6. The second-order valence-corrected chi connectivity index (χ2v) is 13.3. The minimum atomic E-state index is -0.865. The van der Waals surface area contributed by atoms with Gasteiger partial charge in [0, 0.05) is 17.3 Å². The van der Waals surface area contributed by atoms with Gasteiger partial charge in [0.2, 0.25) is 0 Å². The first-order chi connectivity index (χ1) is 26.8. The molecule has 3 aromatic carbocycles. The zero-order valence-electron chi connectivity index (χ0n) is 34.1. The van der Waals surface area contributed by atoms with E-state index in [1.807, 2.05) is 56.3 Å². The fourth-order valence-electron chi connectivity index (χ4n) is 5.42. The van der Waals surface area contributed by atoms with Gasteiger partial charge in [0.25, 0.3) is 0 Å². The number of aldehydes is 1. The Labute approximate surface area is 333 Å². The van der Waals surface area contributed by atoms with Crippen molar-refractivity contribution in [2.45, 2.75) is 93.2 Å². The number of amides is 4. The minimum Gasteiger partial charge on any atom is -0.508 e. The molecule has 0 saturated carbocycles. The van der Waals surface area contributed by atoms with Gasteiger partial charge in [-0.25, -0.2) is 14.4 Å². The number of urea groups is 2. The predicted molar refractivity (Wildman–Crippen MR) is 215 cm³/mol. The fraction of sp³-hybridized carbons (Fsp3) is 0.381. The topological polar surface area (TPSA) is 247 Å². The van der Waals surface area contributed by atoms with Crippen LogP contribution in [0.5, 0.6) is 17.2 Å². The number of phenols is 2. The molecule has 0 aliphatic carbocycles. The van der Waals surface area contributed by atoms with Crippen LogP contribution in [-0.4, -0.2) is 59.5 Å². The van der Waals surface area contributed by atoms with Crippen LogP contribution in [0.2, 0.25) is 0 Å². The molecule has 1 aliphatic rings. The Morgan fingerprint density at radius 1 is 0.860 bits per heavy atom. The van der Waals surface area contributed by atoms with E-state index in [4.69, 9.17) is 14.3 Å². The normalized spacial score (nSPS) is 12.9. The van der Waals surface area contributed by atoms with Crippen LogP contribution in [0.3, 0.4) is 0 Å². The molecule has 15 heteroatoms. The maximum atomic E-state index is 12.3. The van der Waals surface area contributed by atoms with E-state index in [9.17, 15) is 34.2 Å². The highest BCUT2D eigenvalue weighted by Gasteiger charge is 2.34. The van der Waals surface area contributed by atoms with E-state index in [2.05, 4.69) is 47.6 Å². The largest absolute Gasteiger partial charge is 0.508 e. The van der Waals surface area contributed by atoms with E-state index in [0.717, 1.165) is 17.4 Å². The molecule has 1 unspecified atom stereocenters. The van der Waals surface area contributed by atoms with Crippen molar-refractivity contribution in [3.05, 3.63) is 99.2 Å². The molecule has 1 atom stereocenters. The minimum absolute atomic E-state index is 0.00196. The summed E-state index contributed by atoms with van der Waals surface area (Å²) in [4.78, 5) is 65.0. The number of benzene rings is 3. The Bertz CT molecular complexity index is 1890. The zero-order chi connectivity index (χ0) is 43.4. The molecule has 0 saturated heterocycles. The lowest BCUT2D eigenvalue weighted by Gasteiger charge is -2.29. The van der Waals surface area contributed by atoms with Crippen LogP contribution in [0.4, 0.5) is 9.59 Å². The van der Waals surface area contributed by atoms with Crippen molar-refractivity contribution in [3.8, 4) is 17.2 Å². The van der Waals surface area contributed by atoms with E-state index >= 15 is 0 Å². The van der Waals surface area contributed by atoms with Crippen LogP contribution in [0, 0.1) is 6.92 Å². The maximum Gasteiger partial charge on any atom is 0.338 e. The van der Waals surface area contributed by atoms with Crippen molar-refractivity contribution < 1.29 is 53.2 Å². The lowest BCUT2D eigenvalue weighted by molar-refractivity contribution is -0.145. The van der Waals surface area contributed by atoms with E-state index < -0.39 is 30.0 Å². The second-order valence-electron chi connectivity index (χ2n) is 13.3. The molecule has 0 fully saturated rings. The average Bonchev–Trinajstić information content (AvgIpc) is 3.11. The van der Waals surface area contributed by atoms with Crippen molar-refractivity contribution in [2.24, 2.45) is 11.5 Å². The molecule has 4 rings (SSSR count). The number of ketones is 1. The molecular weight excluding hydrogens is 736 g/mol. The Morgan fingerprint density at radius 3 is 1.95 bits per heavy atom. The van der Waals surface area contributed by atoms with Gasteiger partial charge in [0.1, 0.15) is 36.1 Å². The van der Waals surface area contributed by atoms with Crippen LogP contribution in [-0.2, 0) is 30.5 Å². The molecule has 57 heavy (non-hydrogen) atoms. The first kappa shape index (κ1) is 48.6. The molecule has 1 heterocycles. The number of phenolic OH excluding ortho intramolecular Hbond substituents is 2. The van der Waals surface area contributed by atoms with Crippen LogP contribution < -0.4 is 26.8 Å². The van der Waals surface area contributed by atoms with E-state index in [-0.39, 0.29) is 41.8 Å². The molecule has 4 amide bonds. The third kappa shape index (κ3) is 16.5. The molecule has 1 aliphatic heterocycles. The molecule has 8 N–H and O–H groups in total. The molecule has 0 spiro atoms. The summed E-state index contributed by atoms with van der Waals surface area (Å²) in [5.74, 6) is -0.367. The lowest BCUT2D eigenvalue weighted by Crippen LogP contribution is -2.45. The number of esters is 2. The van der Waals surface area contributed by atoms with Crippen LogP contribution in [0.15, 0.2) is 65.9 Å². The third-order valence-electron chi connectivity index (χ3n) is 7.96. The van der Waals surface area contributed by atoms with Gasteiger partial charge in [-0.2, -0.15) is 0 Å². The third-order valence-corrected chi connectivity index (χ3v) is 7.96. The summed E-state index contributed by atoms with van der Waals surface area (Å²) in [5.41, 5.74) is 14.1. The number of hydrogen-bond acceptors (Lipinski definition) is 11. The van der Waals surface area contributed by atoms with Crippen molar-refractivity contribution in [2.75, 3.05) is 13.2 Å². The van der Waals surface area contributed by atoms with Crippen LogP contribution >= 0.6 is 0 Å². The highest BCUT2D eigenvalue weighted by atomic mass is 16.5. The summed E-state index contributed by atoms with van der Waals surface area (Å²) in [7, 11) is 0. The Kier molecular flexibility index (Phi) is 20.7. The van der Waals surface area contributed by atoms with Gasteiger partial charge < -0.3 is 46.5 Å². The predicted octanol–water partition coefficient (Wildman–Crippen LogP) is 6.47. The number of Topliss-reactive ketones (excluding diaryl/α,β-unsaturated/α-hetero) is 1. The monoisotopic (exact) mass is 792 g/mol. The molecular formula is C42H56N4O11. The van der Waals surface area contributed by atoms with Crippen molar-refractivity contribution in [3.63, 3.8) is 0 Å². The number of allylic oxidation sites excluding steroid dienone is 1. The number of hydrogen-bond donors (Lipinski definition) is 6. The molecule has 0 radical (unpaired) electrons. The Balaban J connectivity index is 0.000000441. The van der Waals surface area contributed by atoms with Gasteiger partial charge in [-0.15, -0.1) is 0 Å². The number of carbonyl (C=O) groups excluding carboxylic acids is 6. The molecule has 310 valence electrons. The number of aryl methyl sites for hydroxylation is 1. The molecule has 3 aromatic rings. The Hall–Kier alpha value is -6.38. The fourth-order valence-corrected chi connectivity index (χ4v) is 5.42. The summed E-state index contributed by atoms with van der Waals surface area (Å²) in [6.07, 6.45) is 0.763. The van der Waals surface area contributed by atoms with Crippen molar-refractivity contribution >= 4 is 36.1 Å². The van der Waals surface area contributed by atoms with Gasteiger partial charge in [-0.1, -0.05) is 58.0 Å². The SMILES string of the molecule is CCOC(=O)C1=C(C)NC(=O)NC1c1cc(C(C)C)c(O)cc1O.CCOC(=O)CC(C)=O.Cc1cc(OCc2ccccc2)c(C=O)cc1C(C)C.NC(N)=O. The highest BCUT2D eigenvalue weighted by molar-refractivity contribution is 5.95. The first-order valence-electron chi connectivity index (χ1n) is 18.2. The summed E-state index contributed by atoms with van der Waals surface area (Å²) in [5, 5.41) is 25.4. The van der Waals surface area contributed by atoms with E-state index in [1.54, 1.807) is 26.8 Å². The molecule has 0 aromatic heterocycles. The maximum absolute atomic E-state index is 12.3. The van der Waals surface area contributed by atoms with Gasteiger partial charge in [-0.3, -0.25) is 14.4 Å². The number of nitrogens with one attached hydrogen (secondary N) is 2. The summed E-state index contributed by atoms with van der Waals surface area (Å²) < 4.78 is 15.4. The number of primary amides is 2. The van der Waals surface area contributed by atoms with Gasteiger partial charge in [-0.05, 0) is 86.9 Å². The molecule has 15 nitrogen and oxygen atoms in total. The highest BCUT2D eigenvalue weighted by Crippen LogP contribution is 2.39. The average molecular weight is 793 g/mol. The lowest BCUT2D eigenvalue weighted by atomic mass is 9.90. The zero-order valence-corrected chi connectivity index (χ0v) is 34.1. The smallest absolute Gasteiger partial charge is 0.338 e. The van der Waals surface area contributed by atoms with Crippen molar-refractivity contribution in [1.29, 1.82) is 0 Å². The van der Waals surface area contributed by atoms with Gasteiger partial charge in [0.05, 0.1) is 30.4 Å².